The van der Waals surface area contributed by atoms with Gasteiger partial charge in [-0.3, -0.25) is 4.90 Å². The molecule has 1 aromatic rings. The molecule has 20 heavy (non-hydrogen) atoms. The average molecular weight is 323 g/mol. The Bertz CT molecular complexity index is 399. The topological polar surface area (TPSA) is 44.7 Å². The summed E-state index contributed by atoms with van der Waals surface area (Å²) in [6.07, 6.45) is 0.966. The second-order valence-electron chi connectivity index (χ2n) is 4.60. The molecule has 1 aliphatic rings. The highest BCUT2D eigenvalue weighted by atomic mass is 35.5. The maximum Gasteiger partial charge on any atom is 0.127 e. The zero-order valence-electron chi connectivity index (χ0n) is 12.0. The number of halogens is 2. The fourth-order valence-electron chi connectivity index (χ4n) is 2.68. The van der Waals surface area contributed by atoms with Gasteiger partial charge in [-0.25, -0.2) is 0 Å². The second-order valence-corrected chi connectivity index (χ2v) is 4.60. The summed E-state index contributed by atoms with van der Waals surface area (Å²) >= 11 is 0. The number of ether oxygens (including phenoxy) is 1. The van der Waals surface area contributed by atoms with E-state index < -0.39 is 0 Å². The molecule has 0 aromatic heterocycles. The Balaban J connectivity index is 0.00000180. The Labute approximate surface area is 133 Å². The number of nitrogens with zero attached hydrogens (tertiary/aromatic N) is 1. The van der Waals surface area contributed by atoms with E-state index in [0.29, 0.717) is 5.75 Å². The van der Waals surface area contributed by atoms with Crippen molar-refractivity contribution in [3.05, 3.63) is 23.8 Å². The molecule has 0 amide bonds. The number of benzene rings is 1. The lowest BCUT2D eigenvalue weighted by molar-refractivity contribution is 0.164. The predicted molar refractivity (Wildman–Crippen MR) is 86.6 cm³/mol. The van der Waals surface area contributed by atoms with Crippen molar-refractivity contribution >= 4 is 24.8 Å². The Kier molecular flexibility index (Phi) is 8.98. The number of rotatable bonds is 4. The zero-order valence-corrected chi connectivity index (χ0v) is 13.6. The summed E-state index contributed by atoms with van der Waals surface area (Å²) in [5, 5.41) is 13.5. The van der Waals surface area contributed by atoms with E-state index in [0.717, 1.165) is 43.9 Å². The van der Waals surface area contributed by atoms with Gasteiger partial charge in [0.2, 0.25) is 0 Å². The van der Waals surface area contributed by atoms with Gasteiger partial charge in [0.1, 0.15) is 11.5 Å². The summed E-state index contributed by atoms with van der Waals surface area (Å²) in [5.74, 6) is 1.11. The summed E-state index contributed by atoms with van der Waals surface area (Å²) in [6, 6.07) is 5.70. The lowest BCUT2D eigenvalue weighted by atomic mass is 9.99. The summed E-state index contributed by atoms with van der Waals surface area (Å²) in [7, 11) is 1.66. The quantitative estimate of drug-likeness (QED) is 0.894. The van der Waals surface area contributed by atoms with Crippen molar-refractivity contribution in [3.63, 3.8) is 0 Å². The molecule has 1 aromatic carbocycles. The minimum atomic E-state index is 0. The molecule has 1 saturated heterocycles. The molecule has 0 unspecified atom stereocenters. The van der Waals surface area contributed by atoms with Crippen LogP contribution in [0.25, 0.3) is 0 Å². The van der Waals surface area contributed by atoms with Gasteiger partial charge >= 0.3 is 0 Å². The van der Waals surface area contributed by atoms with E-state index in [-0.39, 0.29) is 30.9 Å². The van der Waals surface area contributed by atoms with Crippen LogP contribution < -0.4 is 10.1 Å². The Hall–Kier alpha value is -0.680. The van der Waals surface area contributed by atoms with E-state index in [1.54, 1.807) is 13.2 Å². The van der Waals surface area contributed by atoms with E-state index in [1.165, 1.54) is 0 Å². The third kappa shape index (κ3) is 4.16. The van der Waals surface area contributed by atoms with Gasteiger partial charge in [-0.15, -0.1) is 24.8 Å². The van der Waals surface area contributed by atoms with Gasteiger partial charge in [0.25, 0.3) is 0 Å². The number of hydrogen-bond acceptors (Lipinski definition) is 4. The first-order valence-corrected chi connectivity index (χ1v) is 6.58. The molecule has 4 nitrogen and oxygen atoms in total. The highest BCUT2D eigenvalue weighted by Crippen LogP contribution is 2.38. The number of aromatic hydroxyl groups is 1. The summed E-state index contributed by atoms with van der Waals surface area (Å²) in [4.78, 5) is 2.41. The molecule has 1 fully saturated rings. The van der Waals surface area contributed by atoms with Crippen molar-refractivity contribution in [2.75, 3.05) is 33.3 Å². The molecule has 0 aliphatic carbocycles. The van der Waals surface area contributed by atoms with Crippen LogP contribution in [0.1, 0.15) is 24.9 Å². The van der Waals surface area contributed by atoms with Crippen molar-refractivity contribution < 1.29 is 9.84 Å². The van der Waals surface area contributed by atoms with Crippen LogP contribution in [0, 0.1) is 0 Å². The summed E-state index contributed by atoms with van der Waals surface area (Å²) in [5.41, 5.74) is 0.921. The molecule has 2 N–H and O–H groups in total. The monoisotopic (exact) mass is 322 g/mol. The van der Waals surface area contributed by atoms with Gasteiger partial charge in [-0.05, 0) is 18.6 Å². The van der Waals surface area contributed by atoms with Crippen molar-refractivity contribution in [2.24, 2.45) is 0 Å². The molecule has 116 valence electrons. The van der Waals surface area contributed by atoms with E-state index in [4.69, 9.17) is 4.74 Å². The van der Waals surface area contributed by atoms with Crippen molar-refractivity contribution in [1.29, 1.82) is 0 Å². The van der Waals surface area contributed by atoms with Crippen molar-refractivity contribution in [2.45, 2.75) is 19.4 Å². The summed E-state index contributed by atoms with van der Waals surface area (Å²) in [6.45, 7) is 6.18. The van der Waals surface area contributed by atoms with Crippen LogP contribution in [0.3, 0.4) is 0 Å². The third-order valence-corrected chi connectivity index (χ3v) is 3.58. The molecule has 1 aliphatic heterocycles. The molecular formula is C14H24Cl2N2O2. The van der Waals surface area contributed by atoms with Crippen LogP contribution in [0.5, 0.6) is 11.5 Å². The van der Waals surface area contributed by atoms with E-state index in [9.17, 15) is 5.11 Å². The molecule has 0 spiro atoms. The molecule has 0 bridgehead atoms. The van der Waals surface area contributed by atoms with E-state index in [2.05, 4.69) is 17.1 Å². The molecular weight excluding hydrogens is 299 g/mol. The SMILES string of the molecule is CC[C@H](c1c(O)cccc1OC)N1CCNCC1.Cl.Cl. The average Bonchev–Trinajstić information content (AvgIpc) is 2.42. The molecule has 2 rings (SSSR count). The Morgan fingerprint density at radius 1 is 1.30 bits per heavy atom. The molecule has 6 heteroatoms. The smallest absolute Gasteiger partial charge is 0.127 e. The highest BCUT2D eigenvalue weighted by molar-refractivity contribution is 5.85. The second kappa shape index (κ2) is 9.29. The lowest BCUT2D eigenvalue weighted by Crippen LogP contribution is -2.45. The molecule has 1 heterocycles. The Morgan fingerprint density at radius 3 is 2.50 bits per heavy atom. The van der Waals surface area contributed by atoms with Gasteiger partial charge in [0.05, 0.1) is 12.7 Å². The normalized spacial score (nSPS) is 16.7. The highest BCUT2D eigenvalue weighted by Gasteiger charge is 2.25. The minimum Gasteiger partial charge on any atom is -0.507 e. The van der Waals surface area contributed by atoms with Crippen LogP contribution >= 0.6 is 24.8 Å². The van der Waals surface area contributed by atoms with Crippen LogP contribution in [0.4, 0.5) is 0 Å². The van der Waals surface area contributed by atoms with Gasteiger partial charge in [-0.2, -0.15) is 0 Å². The van der Waals surface area contributed by atoms with Crippen molar-refractivity contribution in [1.82, 2.24) is 10.2 Å². The maximum absolute atomic E-state index is 10.1. The standard InChI is InChI=1S/C14H22N2O2.2ClH/c1-3-11(16-9-7-15-8-10-16)14-12(17)5-4-6-13(14)18-2;;/h4-6,11,15,17H,3,7-10H2,1-2H3;2*1H/t11-;;/m1../s1. The predicted octanol–water partition coefficient (Wildman–Crippen LogP) is 2.60. The van der Waals surface area contributed by atoms with Gasteiger partial charge < -0.3 is 15.2 Å². The number of phenols is 1. The van der Waals surface area contributed by atoms with Gasteiger partial charge in [-0.1, -0.05) is 13.0 Å². The van der Waals surface area contributed by atoms with Crippen LogP contribution in [-0.2, 0) is 0 Å². The maximum atomic E-state index is 10.1. The molecule has 1 atom stereocenters. The number of piperazine rings is 1. The van der Waals surface area contributed by atoms with Crippen LogP contribution in [0.2, 0.25) is 0 Å². The lowest BCUT2D eigenvalue weighted by Gasteiger charge is -2.35. The number of nitrogens with one attached hydrogen (secondary N) is 1. The number of methoxy groups -OCH3 is 1. The first kappa shape index (κ1) is 19.3. The number of hydrogen-bond donors (Lipinski definition) is 2. The van der Waals surface area contributed by atoms with E-state index >= 15 is 0 Å². The van der Waals surface area contributed by atoms with Crippen molar-refractivity contribution in [3.8, 4) is 11.5 Å². The van der Waals surface area contributed by atoms with Gasteiger partial charge in [0.15, 0.2) is 0 Å². The van der Waals surface area contributed by atoms with Gasteiger partial charge in [0, 0.05) is 32.2 Å². The minimum absolute atomic E-state index is 0. The van der Waals surface area contributed by atoms with Crippen LogP contribution in [-0.4, -0.2) is 43.3 Å². The van der Waals surface area contributed by atoms with Crippen LogP contribution in [0.15, 0.2) is 18.2 Å². The number of phenolic OH excluding ortho intramolecular Hbond substituents is 1. The fourth-order valence-corrected chi connectivity index (χ4v) is 2.68. The largest absolute Gasteiger partial charge is 0.507 e. The zero-order chi connectivity index (χ0) is 13.0. The first-order chi connectivity index (χ1) is 8.77. The molecule has 0 radical (unpaired) electrons. The Morgan fingerprint density at radius 2 is 1.95 bits per heavy atom. The third-order valence-electron chi connectivity index (χ3n) is 3.58. The molecule has 0 saturated carbocycles. The summed E-state index contributed by atoms with van der Waals surface area (Å²) < 4.78 is 5.40. The van der Waals surface area contributed by atoms with E-state index in [1.807, 2.05) is 12.1 Å². The fraction of sp³-hybridized carbons (Fsp3) is 0.571. The first-order valence-electron chi connectivity index (χ1n) is 6.58.